The second kappa shape index (κ2) is 7.05. The number of hydrogen-bond donors (Lipinski definition) is 1. The van der Waals surface area contributed by atoms with Crippen LogP contribution in [0.4, 0.5) is 25.0 Å². The maximum absolute atomic E-state index is 13.1. The monoisotopic (exact) mass is 351 g/mol. The number of nitrogens with one attached hydrogen (secondary N) is 1. The van der Waals surface area contributed by atoms with Crippen molar-refractivity contribution < 1.29 is 13.6 Å². The first-order valence-electron chi connectivity index (χ1n) is 7.54. The molecule has 0 atom stereocenters. The molecule has 1 aliphatic rings. The number of carbonyl (C=O) groups excluding carboxylic acids is 1. The van der Waals surface area contributed by atoms with Crippen LogP contribution in [-0.2, 0) is 0 Å². The van der Waals surface area contributed by atoms with Gasteiger partial charge in [-0.25, -0.2) is 13.6 Å². The predicted molar refractivity (Wildman–Crippen MR) is 90.6 cm³/mol. The summed E-state index contributed by atoms with van der Waals surface area (Å²) in [6.07, 6.45) is 0. The summed E-state index contributed by atoms with van der Waals surface area (Å²) < 4.78 is 26.1. The first-order chi connectivity index (χ1) is 11.5. The van der Waals surface area contributed by atoms with Crippen LogP contribution < -0.4 is 10.2 Å². The fourth-order valence-electron chi connectivity index (χ4n) is 2.60. The summed E-state index contributed by atoms with van der Waals surface area (Å²) in [5.74, 6) is -0.794. The van der Waals surface area contributed by atoms with Crippen molar-refractivity contribution >= 4 is 29.0 Å². The molecule has 0 radical (unpaired) electrons. The molecule has 1 fully saturated rings. The van der Waals surface area contributed by atoms with Gasteiger partial charge in [-0.05, 0) is 42.5 Å². The highest BCUT2D eigenvalue weighted by atomic mass is 35.5. The number of amides is 2. The van der Waals surface area contributed by atoms with E-state index in [1.807, 2.05) is 0 Å². The van der Waals surface area contributed by atoms with Gasteiger partial charge in [0, 0.05) is 37.6 Å². The Morgan fingerprint density at radius 3 is 2.29 bits per heavy atom. The summed E-state index contributed by atoms with van der Waals surface area (Å²) >= 11 is 5.71. The smallest absolute Gasteiger partial charge is 0.321 e. The lowest BCUT2D eigenvalue weighted by Gasteiger charge is -2.36. The quantitative estimate of drug-likeness (QED) is 0.888. The van der Waals surface area contributed by atoms with Crippen molar-refractivity contribution in [1.82, 2.24) is 4.90 Å². The lowest BCUT2D eigenvalue weighted by Crippen LogP contribution is -2.50. The van der Waals surface area contributed by atoms with E-state index in [2.05, 4.69) is 10.2 Å². The molecule has 0 spiro atoms. The van der Waals surface area contributed by atoms with Gasteiger partial charge in [-0.15, -0.1) is 0 Å². The third-order valence-corrected chi connectivity index (χ3v) is 4.22. The van der Waals surface area contributed by atoms with Crippen LogP contribution in [0.2, 0.25) is 5.02 Å². The van der Waals surface area contributed by atoms with Crippen LogP contribution in [0.3, 0.4) is 0 Å². The number of hydrogen-bond acceptors (Lipinski definition) is 2. The third-order valence-electron chi connectivity index (χ3n) is 3.93. The minimum Gasteiger partial charge on any atom is -0.368 e. The second-order valence-electron chi connectivity index (χ2n) is 5.51. The van der Waals surface area contributed by atoms with Crippen LogP contribution in [0.1, 0.15) is 0 Å². The van der Waals surface area contributed by atoms with E-state index in [1.54, 1.807) is 17.0 Å². The minimum atomic E-state index is -0.525. The molecule has 1 N–H and O–H groups in total. The maximum atomic E-state index is 13.1. The molecule has 0 aromatic heterocycles. The van der Waals surface area contributed by atoms with E-state index in [4.69, 9.17) is 11.6 Å². The average Bonchev–Trinajstić information content (AvgIpc) is 2.59. The van der Waals surface area contributed by atoms with E-state index in [0.717, 1.165) is 5.69 Å². The summed E-state index contributed by atoms with van der Waals surface area (Å²) in [5.41, 5.74) is 1.38. The fraction of sp³-hybridized carbons (Fsp3) is 0.235. The molecule has 1 heterocycles. The Bertz CT molecular complexity index is 731. The minimum absolute atomic E-state index is 0.0334. The van der Waals surface area contributed by atoms with Crippen LogP contribution in [0.15, 0.2) is 42.5 Å². The van der Waals surface area contributed by atoms with Crippen LogP contribution in [0, 0.1) is 11.6 Å². The van der Waals surface area contributed by atoms with Gasteiger partial charge in [-0.1, -0.05) is 11.6 Å². The molecule has 0 bridgehead atoms. The van der Waals surface area contributed by atoms with Gasteiger partial charge in [0.1, 0.15) is 11.6 Å². The number of nitrogens with zero attached hydrogens (tertiary/aromatic N) is 2. The number of benzene rings is 2. The van der Waals surface area contributed by atoms with E-state index in [9.17, 15) is 13.6 Å². The molecule has 2 aromatic rings. The van der Waals surface area contributed by atoms with Gasteiger partial charge in [-0.3, -0.25) is 0 Å². The average molecular weight is 352 g/mol. The van der Waals surface area contributed by atoms with Gasteiger partial charge in [-0.2, -0.15) is 0 Å². The molecule has 7 heteroatoms. The zero-order valence-corrected chi connectivity index (χ0v) is 13.6. The van der Waals surface area contributed by atoms with Crippen molar-refractivity contribution in [2.75, 3.05) is 36.4 Å². The Balaban J connectivity index is 1.56. The molecule has 1 saturated heterocycles. The lowest BCUT2D eigenvalue weighted by molar-refractivity contribution is 0.208. The molecule has 24 heavy (non-hydrogen) atoms. The molecule has 0 unspecified atom stereocenters. The number of carbonyl (C=O) groups is 1. The summed E-state index contributed by atoms with van der Waals surface area (Å²) in [6.45, 7) is 2.39. The van der Waals surface area contributed by atoms with Crippen molar-refractivity contribution in [1.29, 1.82) is 0 Å². The Morgan fingerprint density at radius 2 is 1.67 bits per heavy atom. The van der Waals surface area contributed by atoms with Crippen LogP contribution in [0.25, 0.3) is 0 Å². The number of rotatable bonds is 2. The summed E-state index contributed by atoms with van der Waals surface area (Å²) in [7, 11) is 0. The highest BCUT2D eigenvalue weighted by Crippen LogP contribution is 2.20. The van der Waals surface area contributed by atoms with Crippen molar-refractivity contribution in [3.05, 3.63) is 59.1 Å². The zero-order chi connectivity index (χ0) is 17.1. The van der Waals surface area contributed by atoms with Crippen molar-refractivity contribution in [2.24, 2.45) is 0 Å². The van der Waals surface area contributed by atoms with E-state index in [0.29, 0.717) is 31.9 Å². The number of halogens is 3. The third kappa shape index (κ3) is 3.76. The van der Waals surface area contributed by atoms with Gasteiger partial charge in [0.15, 0.2) is 0 Å². The van der Waals surface area contributed by atoms with Crippen molar-refractivity contribution in [3.63, 3.8) is 0 Å². The fourth-order valence-corrected chi connectivity index (χ4v) is 2.78. The van der Waals surface area contributed by atoms with Crippen molar-refractivity contribution in [3.8, 4) is 0 Å². The van der Waals surface area contributed by atoms with E-state index in [-0.39, 0.29) is 16.9 Å². The molecule has 0 aliphatic carbocycles. The first kappa shape index (κ1) is 16.5. The van der Waals surface area contributed by atoms with Gasteiger partial charge in [0.2, 0.25) is 0 Å². The molecule has 1 aliphatic heterocycles. The molecule has 0 saturated carbocycles. The highest BCUT2D eigenvalue weighted by Gasteiger charge is 2.21. The first-order valence-corrected chi connectivity index (χ1v) is 7.92. The van der Waals surface area contributed by atoms with Crippen LogP contribution >= 0.6 is 11.6 Å². The normalized spacial score (nSPS) is 14.6. The van der Waals surface area contributed by atoms with Gasteiger partial charge in [0.05, 0.1) is 5.02 Å². The molecule has 3 rings (SSSR count). The lowest BCUT2D eigenvalue weighted by atomic mass is 10.2. The number of piperazine rings is 1. The van der Waals surface area contributed by atoms with Crippen LogP contribution in [0.5, 0.6) is 0 Å². The number of urea groups is 1. The Hall–Kier alpha value is -2.34. The van der Waals surface area contributed by atoms with Crippen LogP contribution in [-0.4, -0.2) is 37.1 Å². The largest absolute Gasteiger partial charge is 0.368 e. The number of anilines is 2. The molecule has 2 amide bonds. The van der Waals surface area contributed by atoms with Gasteiger partial charge in [0.25, 0.3) is 0 Å². The maximum Gasteiger partial charge on any atom is 0.321 e. The SMILES string of the molecule is O=C(Nc1ccc(F)c(Cl)c1)N1CCN(c2ccc(F)cc2)CC1. The Kier molecular flexibility index (Phi) is 4.85. The second-order valence-corrected chi connectivity index (χ2v) is 5.92. The zero-order valence-electron chi connectivity index (χ0n) is 12.8. The molecule has 126 valence electrons. The molecular weight excluding hydrogens is 336 g/mol. The summed E-state index contributed by atoms with van der Waals surface area (Å²) in [6, 6.07) is 10.1. The van der Waals surface area contributed by atoms with Gasteiger partial charge < -0.3 is 15.1 Å². The molecule has 2 aromatic carbocycles. The predicted octanol–water partition coefficient (Wildman–Crippen LogP) is 3.97. The Labute approximate surface area is 143 Å². The van der Waals surface area contributed by atoms with E-state index >= 15 is 0 Å². The highest BCUT2D eigenvalue weighted by molar-refractivity contribution is 6.31. The topological polar surface area (TPSA) is 35.6 Å². The van der Waals surface area contributed by atoms with Gasteiger partial charge >= 0.3 is 6.03 Å². The van der Waals surface area contributed by atoms with E-state index < -0.39 is 5.82 Å². The molecule has 4 nitrogen and oxygen atoms in total. The standard InChI is InChI=1S/C17H16ClF2N3O/c18-15-11-13(3-6-16(15)20)21-17(24)23-9-7-22(8-10-23)14-4-1-12(19)2-5-14/h1-6,11H,7-10H2,(H,21,24). The molecular formula is C17H16ClF2N3O. The summed E-state index contributed by atoms with van der Waals surface area (Å²) in [5, 5.41) is 2.68. The van der Waals surface area contributed by atoms with E-state index in [1.165, 1.54) is 30.3 Å². The van der Waals surface area contributed by atoms with Crippen molar-refractivity contribution in [2.45, 2.75) is 0 Å². The Morgan fingerprint density at radius 1 is 1.00 bits per heavy atom. The summed E-state index contributed by atoms with van der Waals surface area (Å²) in [4.78, 5) is 16.0.